The molecular weight excluding hydrogens is 359 g/mol. The van der Waals surface area contributed by atoms with Crippen molar-refractivity contribution in [3.63, 3.8) is 0 Å². The van der Waals surface area contributed by atoms with Gasteiger partial charge in [-0.3, -0.25) is 0 Å². The van der Waals surface area contributed by atoms with Crippen LogP contribution in [0.4, 0.5) is 13.2 Å². The third-order valence-electron chi connectivity index (χ3n) is 4.36. The molecule has 148 valence electrons. The van der Waals surface area contributed by atoms with Gasteiger partial charge < -0.3 is 5.32 Å². The number of nitrogens with one attached hydrogen (secondary N) is 1. The quantitative estimate of drug-likeness (QED) is 0.488. The van der Waals surface area contributed by atoms with Gasteiger partial charge in [0, 0.05) is 12.6 Å². The molecule has 4 heteroatoms. The van der Waals surface area contributed by atoms with Crippen molar-refractivity contribution in [1.29, 1.82) is 0 Å². The number of rotatable bonds is 5. The molecule has 0 aliphatic rings. The minimum Gasteiger partial charge on any atom is -0.307 e. The van der Waals surface area contributed by atoms with Crippen molar-refractivity contribution < 1.29 is 13.2 Å². The summed E-state index contributed by atoms with van der Waals surface area (Å²) in [6, 6.07) is 19.9. The minimum absolute atomic E-state index is 0.132. The Morgan fingerprint density at radius 1 is 0.929 bits per heavy atom. The van der Waals surface area contributed by atoms with E-state index < -0.39 is 11.7 Å². The summed E-state index contributed by atoms with van der Waals surface area (Å²) in [5.74, 6) is 0. The second-order valence-electron chi connectivity index (χ2n) is 6.22. The van der Waals surface area contributed by atoms with Crippen LogP contribution in [-0.2, 0) is 6.18 Å². The number of alkyl halides is 3. The third kappa shape index (κ3) is 5.70. The second kappa shape index (κ2) is 10.1. The van der Waals surface area contributed by atoms with Crippen LogP contribution in [0.3, 0.4) is 0 Å². The lowest BCUT2D eigenvalue weighted by Gasteiger charge is -2.15. The van der Waals surface area contributed by atoms with E-state index in [-0.39, 0.29) is 6.04 Å². The Labute approximate surface area is 164 Å². The molecule has 0 aromatic heterocycles. The standard InChI is InChI=1S/C22H20F3N.C2H6/c1-16(20-13-5-10-18-9-2-3-12-21(18)20)26-14-6-8-17-7-4-11-19(15-17)22(23,24)25;1-2/h2-13,15-16,26H,14H2,1H3;1-2H3/b8-6+;. The molecule has 0 radical (unpaired) electrons. The normalized spacial score (nSPS) is 12.6. The first-order chi connectivity index (χ1) is 13.4. The predicted molar refractivity (Wildman–Crippen MR) is 112 cm³/mol. The van der Waals surface area contributed by atoms with Gasteiger partial charge in [-0.25, -0.2) is 0 Å². The number of halogens is 3. The monoisotopic (exact) mass is 385 g/mol. The third-order valence-corrected chi connectivity index (χ3v) is 4.36. The fourth-order valence-electron chi connectivity index (χ4n) is 3.00. The van der Waals surface area contributed by atoms with Crippen molar-refractivity contribution in [3.8, 4) is 0 Å². The van der Waals surface area contributed by atoms with Crippen molar-refractivity contribution in [1.82, 2.24) is 5.32 Å². The molecule has 1 N–H and O–H groups in total. The summed E-state index contributed by atoms with van der Waals surface area (Å²) >= 11 is 0. The molecule has 0 aliphatic carbocycles. The van der Waals surface area contributed by atoms with Crippen LogP contribution < -0.4 is 5.32 Å². The molecule has 1 unspecified atom stereocenters. The summed E-state index contributed by atoms with van der Waals surface area (Å²) in [6.07, 6.45) is -0.764. The SMILES string of the molecule is CC.CC(NC/C=C/c1cccc(C(F)(F)F)c1)c1cccc2ccccc12. The largest absolute Gasteiger partial charge is 0.416 e. The zero-order chi connectivity index (χ0) is 20.6. The molecule has 3 rings (SSSR count). The van der Waals surface area contributed by atoms with Gasteiger partial charge in [-0.2, -0.15) is 13.2 Å². The Morgan fingerprint density at radius 3 is 2.36 bits per heavy atom. The lowest BCUT2D eigenvalue weighted by molar-refractivity contribution is -0.137. The fraction of sp³-hybridized carbons (Fsp3) is 0.250. The molecule has 1 atom stereocenters. The van der Waals surface area contributed by atoms with Gasteiger partial charge in [-0.05, 0) is 41.0 Å². The fourth-order valence-corrected chi connectivity index (χ4v) is 3.00. The van der Waals surface area contributed by atoms with E-state index in [0.717, 1.165) is 12.1 Å². The van der Waals surface area contributed by atoms with E-state index in [2.05, 4.69) is 36.5 Å². The van der Waals surface area contributed by atoms with Gasteiger partial charge in [0.2, 0.25) is 0 Å². The highest BCUT2D eigenvalue weighted by Crippen LogP contribution is 2.29. The van der Waals surface area contributed by atoms with Crippen molar-refractivity contribution in [2.45, 2.75) is 33.0 Å². The maximum absolute atomic E-state index is 12.7. The van der Waals surface area contributed by atoms with E-state index in [9.17, 15) is 13.2 Å². The molecule has 0 heterocycles. The first-order valence-corrected chi connectivity index (χ1v) is 9.50. The average Bonchev–Trinajstić information content (AvgIpc) is 2.72. The summed E-state index contributed by atoms with van der Waals surface area (Å²) in [4.78, 5) is 0. The highest BCUT2D eigenvalue weighted by Gasteiger charge is 2.30. The number of benzene rings is 3. The van der Waals surface area contributed by atoms with Gasteiger partial charge in [-0.1, -0.05) is 80.6 Å². The van der Waals surface area contributed by atoms with Crippen LogP contribution in [-0.4, -0.2) is 6.54 Å². The maximum Gasteiger partial charge on any atom is 0.416 e. The van der Waals surface area contributed by atoms with Crippen molar-refractivity contribution in [2.24, 2.45) is 0 Å². The van der Waals surface area contributed by atoms with Crippen LogP contribution in [0, 0.1) is 0 Å². The molecule has 0 saturated heterocycles. The van der Waals surface area contributed by atoms with Gasteiger partial charge in [0.05, 0.1) is 5.56 Å². The maximum atomic E-state index is 12.7. The zero-order valence-corrected chi connectivity index (χ0v) is 16.4. The summed E-state index contributed by atoms with van der Waals surface area (Å²) < 4.78 is 38.2. The van der Waals surface area contributed by atoms with Crippen LogP contribution in [0.25, 0.3) is 16.8 Å². The van der Waals surface area contributed by atoms with E-state index in [1.807, 2.05) is 38.1 Å². The first kappa shape index (κ1) is 21.7. The Balaban J connectivity index is 0.00000136. The molecule has 0 fully saturated rings. The van der Waals surface area contributed by atoms with Crippen LogP contribution in [0.5, 0.6) is 0 Å². The Kier molecular flexibility index (Phi) is 7.82. The minimum atomic E-state index is -4.31. The summed E-state index contributed by atoms with van der Waals surface area (Å²) in [5, 5.41) is 5.80. The van der Waals surface area contributed by atoms with Crippen LogP contribution >= 0.6 is 0 Å². The molecule has 0 aliphatic heterocycles. The number of fused-ring (bicyclic) bond motifs is 1. The zero-order valence-electron chi connectivity index (χ0n) is 16.4. The summed E-state index contributed by atoms with van der Waals surface area (Å²) in [6.45, 7) is 6.65. The molecule has 0 amide bonds. The van der Waals surface area contributed by atoms with Crippen LogP contribution in [0.1, 0.15) is 43.5 Å². The lowest BCUT2D eigenvalue weighted by Crippen LogP contribution is -2.18. The van der Waals surface area contributed by atoms with Crippen molar-refractivity contribution in [2.75, 3.05) is 6.54 Å². The molecule has 1 nitrogen and oxygen atoms in total. The molecule has 0 saturated carbocycles. The predicted octanol–water partition coefficient (Wildman–Crippen LogP) is 7.25. The number of hydrogen-bond donors (Lipinski definition) is 1. The molecule has 28 heavy (non-hydrogen) atoms. The van der Waals surface area contributed by atoms with Crippen molar-refractivity contribution >= 4 is 16.8 Å². The van der Waals surface area contributed by atoms with Crippen LogP contribution in [0.15, 0.2) is 72.8 Å². The molecule has 0 bridgehead atoms. The van der Waals surface area contributed by atoms with Gasteiger partial charge >= 0.3 is 6.18 Å². The van der Waals surface area contributed by atoms with Crippen LogP contribution in [0.2, 0.25) is 0 Å². The van der Waals surface area contributed by atoms with E-state index in [4.69, 9.17) is 0 Å². The lowest BCUT2D eigenvalue weighted by atomic mass is 10.00. The van der Waals surface area contributed by atoms with Gasteiger partial charge in [0.15, 0.2) is 0 Å². The molecule has 3 aromatic carbocycles. The highest BCUT2D eigenvalue weighted by atomic mass is 19.4. The number of hydrogen-bond acceptors (Lipinski definition) is 1. The van der Waals surface area contributed by atoms with Gasteiger partial charge in [-0.15, -0.1) is 0 Å². The van der Waals surface area contributed by atoms with Gasteiger partial charge in [0.25, 0.3) is 0 Å². The first-order valence-electron chi connectivity index (χ1n) is 9.50. The van der Waals surface area contributed by atoms with E-state index in [1.165, 1.54) is 22.4 Å². The smallest absolute Gasteiger partial charge is 0.307 e. The second-order valence-corrected chi connectivity index (χ2v) is 6.22. The Bertz CT molecular complexity index is 908. The summed E-state index contributed by atoms with van der Waals surface area (Å²) in [5.41, 5.74) is 1.12. The topological polar surface area (TPSA) is 12.0 Å². The highest BCUT2D eigenvalue weighted by molar-refractivity contribution is 5.86. The van der Waals surface area contributed by atoms with Gasteiger partial charge in [0.1, 0.15) is 0 Å². The Hall–Kier alpha value is -2.59. The van der Waals surface area contributed by atoms with Crippen molar-refractivity contribution in [3.05, 3.63) is 89.5 Å². The molecular formula is C24H26F3N. The molecule has 0 spiro atoms. The Morgan fingerprint density at radius 2 is 1.61 bits per heavy atom. The average molecular weight is 385 g/mol. The molecule has 3 aromatic rings. The van der Waals surface area contributed by atoms with E-state index in [0.29, 0.717) is 12.1 Å². The summed E-state index contributed by atoms with van der Waals surface area (Å²) in [7, 11) is 0. The van der Waals surface area contributed by atoms with E-state index in [1.54, 1.807) is 12.1 Å². The van der Waals surface area contributed by atoms with E-state index >= 15 is 0 Å².